The normalized spacial score (nSPS) is 11.8. The Balaban J connectivity index is 2.10. The van der Waals surface area contributed by atoms with Crippen LogP contribution in [0.5, 0.6) is 0 Å². The first kappa shape index (κ1) is 14.6. The van der Waals surface area contributed by atoms with Gasteiger partial charge in [-0.05, 0) is 12.1 Å². The molecular weight excluding hydrogens is 274 g/mol. The van der Waals surface area contributed by atoms with Crippen molar-refractivity contribution in [1.82, 2.24) is 5.32 Å². The topological polar surface area (TPSA) is 38.3 Å². The van der Waals surface area contributed by atoms with Crippen molar-refractivity contribution in [3.63, 3.8) is 0 Å². The van der Waals surface area contributed by atoms with Gasteiger partial charge in [0.2, 0.25) is 0 Å². The average molecular weight is 290 g/mol. The molecule has 0 radical (unpaired) electrons. The number of nitrogens with one attached hydrogen (secondary N) is 1. The first-order chi connectivity index (χ1) is 9.81. The van der Waals surface area contributed by atoms with Gasteiger partial charge in [0.25, 0.3) is 5.91 Å². The number of carbonyl (C=O) groups excluding carboxylic acids is 1. The molecule has 2 aromatic carbocycles. The second kappa shape index (κ2) is 7.68. The maximum atomic E-state index is 12.2. The van der Waals surface area contributed by atoms with E-state index in [-0.39, 0.29) is 5.91 Å². The Bertz CT molecular complexity index is 531. The van der Waals surface area contributed by atoms with Crippen LogP contribution < -0.4 is 5.32 Å². The van der Waals surface area contributed by atoms with Crippen LogP contribution in [-0.2, 0) is 4.74 Å². The standard InChI is InChI=1S/C16H16ClNO2/c17-11-12-20-16(14-9-5-2-6-10-14)18-15(19)13-7-3-1-4-8-13/h1-10,16H,11-12H2,(H,18,19)/t16-/m1/s1. The van der Waals surface area contributed by atoms with Gasteiger partial charge in [0.15, 0.2) is 6.23 Å². The zero-order valence-corrected chi connectivity index (χ0v) is 11.7. The van der Waals surface area contributed by atoms with E-state index in [2.05, 4.69) is 5.32 Å². The van der Waals surface area contributed by atoms with Crippen LogP contribution in [0, 0.1) is 0 Å². The van der Waals surface area contributed by atoms with Crippen molar-refractivity contribution in [1.29, 1.82) is 0 Å². The van der Waals surface area contributed by atoms with E-state index in [1.807, 2.05) is 48.5 Å². The fourth-order valence-corrected chi connectivity index (χ4v) is 1.89. The Morgan fingerprint density at radius 2 is 1.65 bits per heavy atom. The van der Waals surface area contributed by atoms with Crippen LogP contribution in [0.15, 0.2) is 60.7 Å². The fraction of sp³-hybridized carbons (Fsp3) is 0.188. The van der Waals surface area contributed by atoms with Crippen molar-refractivity contribution in [3.8, 4) is 0 Å². The zero-order chi connectivity index (χ0) is 14.2. The number of halogens is 1. The minimum atomic E-state index is -0.498. The van der Waals surface area contributed by atoms with Crippen LogP contribution in [0.25, 0.3) is 0 Å². The van der Waals surface area contributed by atoms with E-state index in [1.54, 1.807) is 12.1 Å². The summed E-state index contributed by atoms with van der Waals surface area (Å²) in [5.41, 5.74) is 1.49. The van der Waals surface area contributed by atoms with Gasteiger partial charge in [-0.15, -0.1) is 11.6 Å². The lowest BCUT2D eigenvalue weighted by Gasteiger charge is -2.19. The van der Waals surface area contributed by atoms with Gasteiger partial charge in [0.1, 0.15) is 0 Å². The lowest BCUT2D eigenvalue weighted by molar-refractivity contribution is 0.0346. The van der Waals surface area contributed by atoms with Crippen molar-refractivity contribution in [2.75, 3.05) is 12.5 Å². The number of amides is 1. The van der Waals surface area contributed by atoms with Gasteiger partial charge in [-0.1, -0.05) is 48.5 Å². The largest absolute Gasteiger partial charge is 0.353 e. The lowest BCUT2D eigenvalue weighted by atomic mass is 10.1. The summed E-state index contributed by atoms with van der Waals surface area (Å²) in [4.78, 5) is 12.2. The van der Waals surface area contributed by atoms with Crippen molar-refractivity contribution in [2.45, 2.75) is 6.23 Å². The van der Waals surface area contributed by atoms with E-state index < -0.39 is 6.23 Å². The third-order valence-electron chi connectivity index (χ3n) is 2.76. The Kier molecular flexibility index (Phi) is 5.59. The van der Waals surface area contributed by atoms with Gasteiger partial charge < -0.3 is 10.1 Å². The van der Waals surface area contributed by atoms with Gasteiger partial charge in [-0.25, -0.2) is 0 Å². The van der Waals surface area contributed by atoms with E-state index in [0.29, 0.717) is 18.1 Å². The summed E-state index contributed by atoms with van der Waals surface area (Å²) in [6, 6.07) is 18.6. The zero-order valence-electron chi connectivity index (χ0n) is 11.0. The molecule has 0 heterocycles. The molecule has 0 aliphatic carbocycles. The Hall–Kier alpha value is -1.84. The molecule has 4 heteroatoms. The van der Waals surface area contributed by atoms with Gasteiger partial charge in [0.05, 0.1) is 6.61 Å². The first-order valence-electron chi connectivity index (χ1n) is 6.39. The molecule has 0 unspecified atom stereocenters. The van der Waals surface area contributed by atoms with Gasteiger partial charge in [0, 0.05) is 17.0 Å². The number of rotatable bonds is 6. The van der Waals surface area contributed by atoms with Crippen LogP contribution in [0.1, 0.15) is 22.1 Å². The highest BCUT2D eigenvalue weighted by Crippen LogP contribution is 2.15. The minimum absolute atomic E-state index is 0.172. The van der Waals surface area contributed by atoms with Crippen molar-refractivity contribution in [3.05, 3.63) is 71.8 Å². The molecule has 104 valence electrons. The lowest BCUT2D eigenvalue weighted by Crippen LogP contribution is -2.30. The molecule has 20 heavy (non-hydrogen) atoms. The van der Waals surface area contributed by atoms with Crippen LogP contribution in [0.4, 0.5) is 0 Å². The highest BCUT2D eigenvalue weighted by atomic mass is 35.5. The van der Waals surface area contributed by atoms with Gasteiger partial charge in [-0.3, -0.25) is 4.79 Å². The predicted molar refractivity (Wildman–Crippen MR) is 79.8 cm³/mol. The maximum Gasteiger partial charge on any atom is 0.253 e. The third kappa shape index (κ3) is 4.08. The Morgan fingerprint density at radius 1 is 1.05 bits per heavy atom. The van der Waals surface area contributed by atoms with Crippen LogP contribution >= 0.6 is 11.6 Å². The second-order valence-electron chi connectivity index (χ2n) is 4.19. The monoisotopic (exact) mass is 289 g/mol. The minimum Gasteiger partial charge on any atom is -0.353 e. The molecule has 2 rings (SSSR count). The molecule has 1 N–H and O–H groups in total. The van der Waals surface area contributed by atoms with E-state index in [9.17, 15) is 4.79 Å². The summed E-state index contributed by atoms with van der Waals surface area (Å²) >= 11 is 5.65. The molecule has 0 saturated carbocycles. The van der Waals surface area contributed by atoms with E-state index in [1.165, 1.54) is 0 Å². The maximum absolute atomic E-state index is 12.2. The molecule has 3 nitrogen and oxygen atoms in total. The molecular formula is C16H16ClNO2. The van der Waals surface area contributed by atoms with E-state index in [4.69, 9.17) is 16.3 Å². The van der Waals surface area contributed by atoms with Crippen molar-refractivity contribution in [2.24, 2.45) is 0 Å². The second-order valence-corrected chi connectivity index (χ2v) is 4.57. The summed E-state index contributed by atoms with van der Waals surface area (Å²) in [5.74, 6) is 0.207. The number of alkyl halides is 1. The summed E-state index contributed by atoms with van der Waals surface area (Å²) in [6.07, 6.45) is -0.498. The summed E-state index contributed by atoms with van der Waals surface area (Å²) in [7, 11) is 0. The smallest absolute Gasteiger partial charge is 0.253 e. The highest BCUT2D eigenvalue weighted by molar-refractivity contribution is 6.17. The Labute approximate surface area is 123 Å². The molecule has 1 atom stereocenters. The van der Waals surface area contributed by atoms with Crippen molar-refractivity contribution >= 4 is 17.5 Å². The fourth-order valence-electron chi connectivity index (χ4n) is 1.80. The molecule has 0 aromatic heterocycles. The van der Waals surface area contributed by atoms with Crippen molar-refractivity contribution < 1.29 is 9.53 Å². The predicted octanol–water partition coefficient (Wildman–Crippen LogP) is 3.37. The number of benzene rings is 2. The SMILES string of the molecule is O=C(N[C@H](OCCCl)c1ccccc1)c1ccccc1. The summed E-state index contributed by atoms with van der Waals surface area (Å²) in [6.45, 7) is 0.371. The molecule has 0 spiro atoms. The third-order valence-corrected chi connectivity index (χ3v) is 2.92. The molecule has 1 amide bonds. The number of hydrogen-bond acceptors (Lipinski definition) is 2. The van der Waals surface area contributed by atoms with Crippen LogP contribution in [0.2, 0.25) is 0 Å². The van der Waals surface area contributed by atoms with Crippen LogP contribution in [0.3, 0.4) is 0 Å². The molecule has 0 fully saturated rings. The molecule has 2 aromatic rings. The van der Waals surface area contributed by atoms with Gasteiger partial charge in [-0.2, -0.15) is 0 Å². The highest BCUT2D eigenvalue weighted by Gasteiger charge is 2.15. The number of hydrogen-bond donors (Lipinski definition) is 1. The van der Waals surface area contributed by atoms with Crippen LogP contribution in [-0.4, -0.2) is 18.4 Å². The summed E-state index contributed by atoms with van der Waals surface area (Å²) < 4.78 is 5.61. The summed E-state index contributed by atoms with van der Waals surface area (Å²) in [5, 5.41) is 2.86. The quantitative estimate of drug-likeness (QED) is 0.654. The molecule has 0 saturated heterocycles. The molecule has 0 aliphatic rings. The van der Waals surface area contributed by atoms with Gasteiger partial charge >= 0.3 is 0 Å². The first-order valence-corrected chi connectivity index (χ1v) is 6.93. The average Bonchev–Trinajstić information content (AvgIpc) is 2.53. The molecule has 0 bridgehead atoms. The number of ether oxygens (including phenoxy) is 1. The van der Waals surface area contributed by atoms with E-state index >= 15 is 0 Å². The Morgan fingerprint density at radius 3 is 2.25 bits per heavy atom. The molecule has 0 aliphatic heterocycles. The van der Waals surface area contributed by atoms with E-state index in [0.717, 1.165) is 5.56 Å². The number of carbonyl (C=O) groups is 1.